The molecule has 1 saturated heterocycles. The molecular formula is C17H23NO3. The minimum absolute atomic E-state index is 0.0273. The van der Waals surface area contributed by atoms with E-state index in [1.54, 1.807) is 36.3 Å². The molecule has 1 fully saturated rings. The summed E-state index contributed by atoms with van der Waals surface area (Å²) in [4.78, 5) is 26.0. The van der Waals surface area contributed by atoms with E-state index in [4.69, 9.17) is 4.74 Å². The zero-order chi connectivity index (χ0) is 15.6. The van der Waals surface area contributed by atoms with Crippen LogP contribution < -0.4 is 4.74 Å². The Kier molecular flexibility index (Phi) is 4.35. The van der Waals surface area contributed by atoms with Gasteiger partial charge in [-0.05, 0) is 35.6 Å². The molecule has 4 nitrogen and oxygen atoms in total. The Hall–Kier alpha value is -1.84. The van der Waals surface area contributed by atoms with Gasteiger partial charge in [-0.1, -0.05) is 20.8 Å². The number of ether oxygens (including phenoxy) is 1. The van der Waals surface area contributed by atoms with Crippen LogP contribution in [0.3, 0.4) is 0 Å². The van der Waals surface area contributed by atoms with Gasteiger partial charge in [0.1, 0.15) is 5.75 Å². The van der Waals surface area contributed by atoms with Crippen LogP contribution in [-0.2, 0) is 4.79 Å². The quantitative estimate of drug-likeness (QED) is 0.801. The van der Waals surface area contributed by atoms with E-state index in [1.165, 1.54) is 0 Å². The molecule has 1 aromatic rings. The van der Waals surface area contributed by atoms with Gasteiger partial charge in [0.2, 0.25) is 5.91 Å². The Bertz CT molecular complexity index is 528. The van der Waals surface area contributed by atoms with Gasteiger partial charge in [-0.3, -0.25) is 9.59 Å². The van der Waals surface area contributed by atoms with Crippen molar-refractivity contribution in [1.82, 2.24) is 4.90 Å². The van der Waals surface area contributed by atoms with Crippen LogP contribution in [-0.4, -0.2) is 36.8 Å². The molecule has 4 heteroatoms. The van der Waals surface area contributed by atoms with Gasteiger partial charge in [0.25, 0.3) is 0 Å². The van der Waals surface area contributed by atoms with E-state index in [0.29, 0.717) is 24.4 Å². The smallest absolute Gasteiger partial charge is 0.223 e. The Morgan fingerprint density at radius 2 is 1.90 bits per heavy atom. The van der Waals surface area contributed by atoms with Crippen molar-refractivity contribution in [2.24, 2.45) is 11.3 Å². The first kappa shape index (κ1) is 15.5. The Labute approximate surface area is 126 Å². The van der Waals surface area contributed by atoms with Crippen LogP contribution in [0.5, 0.6) is 5.75 Å². The van der Waals surface area contributed by atoms with Crippen LogP contribution in [0, 0.1) is 11.3 Å². The minimum Gasteiger partial charge on any atom is -0.497 e. The van der Waals surface area contributed by atoms with Crippen molar-refractivity contribution in [2.45, 2.75) is 27.2 Å². The molecule has 0 radical (unpaired) electrons. The van der Waals surface area contributed by atoms with Gasteiger partial charge in [-0.15, -0.1) is 0 Å². The molecule has 0 aliphatic carbocycles. The number of hydrogen-bond donors (Lipinski definition) is 0. The van der Waals surface area contributed by atoms with Crippen LogP contribution >= 0.6 is 0 Å². The lowest BCUT2D eigenvalue weighted by molar-refractivity contribution is -0.127. The van der Waals surface area contributed by atoms with Crippen LogP contribution in [0.15, 0.2) is 24.3 Å². The lowest BCUT2D eigenvalue weighted by atomic mass is 9.80. The van der Waals surface area contributed by atoms with E-state index in [1.807, 2.05) is 0 Å². The topological polar surface area (TPSA) is 46.6 Å². The second-order valence-electron chi connectivity index (χ2n) is 6.69. The molecule has 21 heavy (non-hydrogen) atoms. The minimum atomic E-state index is -0.0273. The van der Waals surface area contributed by atoms with Gasteiger partial charge in [0, 0.05) is 18.5 Å². The fraction of sp³-hybridized carbons (Fsp3) is 0.529. The number of likely N-dealkylation sites (tertiary alicyclic amines) is 1. The molecule has 114 valence electrons. The summed E-state index contributed by atoms with van der Waals surface area (Å²) in [6.45, 7) is 7.25. The van der Waals surface area contributed by atoms with Crippen molar-refractivity contribution in [2.75, 3.05) is 20.2 Å². The van der Waals surface area contributed by atoms with Crippen LogP contribution in [0.25, 0.3) is 0 Å². The number of carbonyl (C=O) groups excluding carboxylic acids is 2. The summed E-state index contributed by atoms with van der Waals surface area (Å²) in [7, 11) is 1.59. The molecule has 1 aromatic carbocycles. The molecular weight excluding hydrogens is 266 g/mol. The van der Waals surface area contributed by atoms with E-state index in [0.717, 1.165) is 5.75 Å². The summed E-state index contributed by atoms with van der Waals surface area (Å²) in [5, 5.41) is 0. The van der Waals surface area contributed by atoms with Crippen molar-refractivity contribution in [3.05, 3.63) is 29.8 Å². The molecule has 1 aliphatic rings. The number of ketones is 1. The molecule has 2 rings (SSSR count). The van der Waals surface area contributed by atoms with Crippen LogP contribution in [0.2, 0.25) is 0 Å². The molecule has 0 saturated carbocycles. The summed E-state index contributed by atoms with van der Waals surface area (Å²) in [6.07, 6.45) is 0.541. The first-order valence-electron chi connectivity index (χ1n) is 7.26. The molecule has 1 heterocycles. The summed E-state index contributed by atoms with van der Waals surface area (Å²) in [5.41, 5.74) is 0.705. The van der Waals surface area contributed by atoms with Crippen LogP contribution in [0.4, 0.5) is 0 Å². The molecule has 0 bridgehead atoms. The first-order chi connectivity index (χ1) is 9.81. The number of carbonyl (C=O) groups is 2. The van der Waals surface area contributed by atoms with E-state index >= 15 is 0 Å². The fourth-order valence-electron chi connectivity index (χ4n) is 2.55. The average molecular weight is 289 g/mol. The predicted octanol–water partition coefficient (Wildman–Crippen LogP) is 2.77. The largest absolute Gasteiger partial charge is 0.497 e. The van der Waals surface area contributed by atoms with Gasteiger partial charge >= 0.3 is 0 Å². The number of rotatable bonds is 4. The normalized spacial score (nSPS) is 19.0. The maximum Gasteiger partial charge on any atom is 0.223 e. The fourth-order valence-corrected chi connectivity index (χ4v) is 2.55. The van der Waals surface area contributed by atoms with Gasteiger partial charge in [0.05, 0.1) is 13.7 Å². The monoisotopic (exact) mass is 289 g/mol. The number of Topliss-reactive ketones (excluding diaryl/α,β-unsaturated/α-hetero) is 1. The average Bonchev–Trinajstić information content (AvgIpc) is 2.80. The van der Waals surface area contributed by atoms with Gasteiger partial charge in [0.15, 0.2) is 5.78 Å². The molecule has 1 atom stereocenters. The van der Waals surface area contributed by atoms with Crippen molar-refractivity contribution >= 4 is 11.7 Å². The van der Waals surface area contributed by atoms with E-state index in [-0.39, 0.29) is 23.7 Å². The van der Waals surface area contributed by atoms with Gasteiger partial charge in [-0.2, -0.15) is 0 Å². The second kappa shape index (κ2) is 5.88. The highest BCUT2D eigenvalue weighted by Gasteiger charge is 2.37. The third-order valence-corrected chi connectivity index (χ3v) is 4.19. The highest BCUT2D eigenvalue weighted by atomic mass is 16.5. The zero-order valence-corrected chi connectivity index (χ0v) is 13.2. The van der Waals surface area contributed by atoms with Crippen molar-refractivity contribution in [3.63, 3.8) is 0 Å². The van der Waals surface area contributed by atoms with Gasteiger partial charge in [-0.25, -0.2) is 0 Å². The summed E-state index contributed by atoms with van der Waals surface area (Å²) in [5.74, 6) is 1.09. The summed E-state index contributed by atoms with van der Waals surface area (Å²) >= 11 is 0. The number of amides is 1. The highest BCUT2D eigenvalue weighted by molar-refractivity contribution is 5.99. The third kappa shape index (κ3) is 3.63. The third-order valence-electron chi connectivity index (χ3n) is 4.19. The van der Waals surface area contributed by atoms with E-state index < -0.39 is 0 Å². The van der Waals surface area contributed by atoms with E-state index in [2.05, 4.69) is 20.8 Å². The maximum absolute atomic E-state index is 12.3. The SMILES string of the molecule is COc1ccc(C(=O)CN2CC(C(C)(C)C)CC2=O)cc1. The van der Waals surface area contributed by atoms with Crippen molar-refractivity contribution in [3.8, 4) is 5.75 Å². The molecule has 1 amide bonds. The van der Waals surface area contributed by atoms with Crippen LogP contribution in [0.1, 0.15) is 37.6 Å². The van der Waals surface area contributed by atoms with Crippen molar-refractivity contribution in [1.29, 1.82) is 0 Å². The maximum atomic E-state index is 12.3. The lowest BCUT2D eigenvalue weighted by Crippen LogP contribution is -2.32. The van der Waals surface area contributed by atoms with E-state index in [9.17, 15) is 9.59 Å². The standard InChI is InChI=1S/C17H23NO3/c1-17(2,3)13-9-16(20)18(10-13)11-15(19)12-5-7-14(21-4)8-6-12/h5-8,13H,9-11H2,1-4H3. The second-order valence-corrected chi connectivity index (χ2v) is 6.69. The molecule has 0 N–H and O–H groups in total. The molecule has 0 aromatic heterocycles. The lowest BCUT2D eigenvalue weighted by Gasteiger charge is -2.26. The summed E-state index contributed by atoms with van der Waals surface area (Å²) in [6, 6.07) is 7.00. The Morgan fingerprint density at radius 1 is 1.29 bits per heavy atom. The molecule has 1 aliphatic heterocycles. The highest BCUT2D eigenvalue weighted by Crippen LogP contribution is 2.34. The number of hydrogen-bond acceptors (Lipinski definition) is 3. The predicted molar refractivity (Wildman–Crippen MR) is 81.5 cm³/mol. The molecule has 1 unspecified atom stereocenters. The summed E-state index contributed by atoms with van der Waals surface area (Å²) < 4.78 is 5.08. The number of nitrogens with zero attached hydrogens (tertiary/aromatic N) is 1. The Balaban J connectivity index is 2.01. The first-order valence-corrected chi connectivity index (χ1v) is 7.26. The van der Waals surface area contributed by atoms with Gasteiger partial charge < -0.3 is 9.64 Å². The van der Waals surface area contributed by atoms with Crippen molar-refractivity contribution < 1.29 is 14.3 Å². The zero-order valence-electron chi connectivity index (χ0n) is 13.2. The Morgan fingerprint density at radius 3 is 2.38 bits per heavy atom. The molecule has 0 spiro atoms. The number of benzene rings is 1. The number of methoxy groups -OCH3 is 1.